The number of ether oxygens (including phenoxy) is 2. The van der Waals surface area contributed by atoms with E-state index < -0.39 is 12.3 Å². The van der Waals surface area contributed by atoms with E-state index in [0.29, 0.717) is 42.8 Å². The summed E-state index contributed by atoms with van der Waals surface area (Å²) in [5.74, 6) is 1.13. The zero-order valence-electron chi connectivity index (χ0n) is 12.3. The van der Waals surface area contributed by atoms with Crippen molar-refractivity contribution in [2.24, 2.45) is 0 Å². The third kappa shape index (κ3) is 3.99. The molecule has 0 aromatic heterocycles. The molecule has 118 valence electrons. The summed E-state index contributed by atoms with van der Waals surface area (Å²) in [4.78, 5) is 1.86. The van der Waals surface area contributed by atoms with Gasteiger partial charge in [-0.15, -0.1) is 0 Å². The molecule has 0 bridgehead atoms. The molecule has 0 amide bonds. The number of hydrogen-bond acceptors (Lipinski definition) is 4. The number of aliphatic hydroxyl groups is 1. The topological polar surface area (TPSA) is 41.9 Å². The highest BCUT2D eigenvalue weighted by atomic mass is 35.5. The lowest BCUT2D eigenvalue weighted by molar-refractivity contribution is 0.115. The van der Waals surface area contributed by atoms with Gasteiger partial charge in [0.25, 0.3) is 0 Å². The number of likely N-dealkylation sites (tertiary alicyclic amines) is 1. The van der Waals surface area contributed by atoms with Crippen molar-refractivity contribution < 1.29 is 19.0 Å². The molecule has 2 atom stereocenters. The molecule has 0 unspecified atom stereocenters. The lowest BCUT2D eigenvalue weighted by Gasteiger charge is -2.18. The fourth-order valence-corrected chi connectivity index (χ4v) is 2.76. The Balaban J connectivity index is 2.16. The minimum Gasteiger partial charge on any atom is -0.490 e. The monoisotopic (exact) mass is 317 g/mol. The summed E-state index contributed by atoms with van der Waals surface area (Å²) in [5, 5.41) is 9.95. The Bertz CT molecular complexity index is 476. The van der Waals surface area contributed by atoms with Crippen LogP contribution in [0.2, 0.25) is 5.02 Å². The van der Waals surface area contributed by atoms with Gasteiger partial charge in [-0.2, -0.15) is 0 Å². The first kappa shape index (κ1) is 16.3. The lowest BCUT2D eigenvalue weighted by atomic mass is 10.2. The predicted octanol–water partition coefficient (Wildman–Crippen LogP) is 2.65. The molecule has 1 aliphatic rings. The molecule has 2 rings (SSSR count). The number of halogens is 2. The van der Waals surface area contributed by atoms with E-state index in [0.717, 1.165) is 5.56 Å². The number of aliphatic hydroxyl groups excluding tert-OH is 1. The average Bonchev–Trinajstić information content (AvgIpc) is 2.73. The van der Waals surface area contributed by atoms with Gasteiger partial charge in [-0.05, 0) is 31.5 Å². The van der Waals surface area contributed by atoms with Crippen LogP contribution < -0.4 is 9.47 Å². The van der Waals surface area contributed by atoms with E-state index in [1.807, 2.05) is 24.8 Å². The maximum atomic E-state index is 13.4. The highest BCUT2D eigenvalue weighted by Gasteiger charge is 2.31. The van der Waals surface area contributed by atoms with Gasteiger partial charge in [-0.25, -0.2) is 4.39 Å². The molecule has 1 fully saturated rings. The molecule has 1 aromatic carbocycles. The third-order valence-electron chi connectivity index (χ3n) is 3.36. The maximum absolute atomic E-state index is 13.4. The van der Waals surface area contributed by atoms with Crippen LogP contribution in [0.1, 0.15) is 19.4 Å². The zero-order chi connectivity index (χ0) is 15.4. The molecular weight excluding hydrogens is 297 g/mol. The first-order valence-electron chi connectivity index (χ1n) is 7.17. The molecule has 0 spiro atoms. The number of rotatable bonds is 6. The third-order valence-corrected chi connectivity index (χ3v) is 3.64. The average molecular weight is 318 g/mol. The van der Waals surface area contributed by atoms with Gasteiger partial charge in [0.2, 0.25) is 0 Å². The Morgan fingerprint density at radius 1 is 1.29 bits per heavy atom. The quantitative estimate of drug-likeness (QED) is 0.876. The van der Waals surface area contributed by atoms with Crippen LogP contribution in [0.15, 0.2) is 12.1 Å². The van der Waals surface area contributed by atoms with Crippen molar-refractivity contribution >= 4 is 11.6 Å². The fraction of sp³-hybridized carbons (Fsp3) is 0.600. The van der Waals surface area contributed by atoms with Crippen molar-refractivity contribution in [3.63, 3.8) is 0 Å². The van der Waals surface area contributed by atoms with Crippen LogP contribution >= 0.6 is 11.6 Å². The second-order valence-corrected chi connectivity index (χ2v) is 5.46. The second kappa shape index (κ2) is 7.29. The van der Waals surface area contributed by atoms with E-state index in [1.54, 1.807) is 6.07 Å². The molecule has 21 heavy (non-hydrogen) atoms. The molecule has 1 aliphatic heterocycles. The Morgan fingerprint density at radius 3 is 2.57 bits per heavy atom. The van der Waals surface area contributed by atoms with E-state index in [1.165, 1.54) is 0 Å². The Morgan fingerprint density at radius 2 is 2.00 bits per heavy atom. The van der Waals surface area contributed by atoms with E-state index in [2.05, 4.69) is 0 Å². The van der Waals surface area contributed by atoms with Gasteiger partial charge in [0.1, 0.15) is 6.17 Å². The molecule has 0 saturated carbocycles. The highest BCUT2D eigenvalue weighted by Crippen LogP contribution is 2.37. The van der Waals surface area contributed by atoms with Crippen LogP contribution in [-0.2, 0) is 6.54 Å². The van der Waals surface area contributed by atoms with Crippen LogP contribution in [0.5, 0.6) is 11.5 Å². The van der Waals surface area contributed by atoms with Gasteiger partial charge in [0.15, 0.2) is 11.5 Å². The molecule has 0 aliphatic carbocycles. The molecule has 1 saturated heterocycles. The summed E-state index contributed by atoms with van der Waals surface area (Å²) < 4.78 is 24.4. The van der Waals surface area contributed by atoms with E-state index in [9.17, 15) is 9.50 Å². The van der Waals surface area contributed by atoms with Gasteiger partial charge < -0.3 is 14.6 Å². The predicted molar refractivity (Wildman–Crippen MR) is 80.0 cm³/mol. The van der Waals surface area contributed by atoms with Crippen molar-refractivity contribution in [2.45, 2.75) is 32.7 Å². The Hall–Kier alpha value is -1.04. The Labute approximate surface area is 129 Å². The van der Waals surface area contributed by atoms with Gasteiger partial charge in [0.05, 0.1) is 24.3 Å². The number of benzene rings is 1. The molecule has 4 nitrogen and oxygen atoms in total. The summed E-state index contributed by atoms with van der Waals surface area (Å²) in [5.41, 5.74) is 0.910. The fourth-order valence-electron chi connectivity index (χ4n) is 2.47. The smallest absolute Gasteiger partial charge is 0.179 e. The molecule has 1 heterocycles. The SMILES string of the molecule is CCOc1cc(CN2C[C@@H](O)[C@H](F)C2)cc(Cl)c1OCC. The molecular formula is C15H21ClFNO3. The van der Waals surface area contributed by atoms with Gasteiger partial charge in [0, 0.05) is 19.6 Å². The zero-order valence-corrected chi connectivity index (χ0v) is 13.1. The van der Waals surface area contributed by atoms with Crippen LogP contribution in [0, 0.1) is 0 Å². The van der Waals surface area contributed by atoms with Crippen LogP contribution in [-0.4, -0.2) is 48.6 Å². The van der Waals surface area contributed by atoms with Crippen LogP contribution in [0.4, 0.5) is 4.39 Å². The maximum Gasteiger partial charge on any atom is 0.179 e. The molecule has 1 aromatic rings. The number of nitrogens with zero attached hydrogens (tertiary/aromatic N) is 1. The highest BCUT2D eigenvalue weighted by molar-refractivity contribution is 6.32. The minimum absolute atomic E-state index is 0.232. The van der Waals surface area contributed by atoms with Crippen molar-refractivity contribution in [3.8, 4) is 11.5 Å². The summed E-state index contributed by atoms with van der Waals surface area (Å²) in [6.45, 7) is 5.86. The second-order valence-electron chi connectivity index (χ2n) is 5.05. The van der Waals surface area contributed by atoms with Gasteiger partial charge >= 0.3 is 0 Å². The van der Waals surface area contributed by atoms with Crippen molar-refractivity contribution in [1.82, 2.24) is 4.90 Å². The summed E-state index contributed by atoms with van der Waals surface area (Å²) in [6, 6.07) is 3.66. The molecule has 0 radical (unpaired) electrons. The van der Waals surface area contributed by atoms with Crippen molar-refractivity contribution in [2.75, 3.05) is 26.3 Å². The lowest BCUT2D eigenvalue weighted by Crippen LogP contribution is -2.21. The van der Waals surface area contributed by atoms with Crippen molar-refractivity contribution in [3.05, 3.63) is 22.7 Å². The summed E-state index contributed by atoms with van der Waals surface area (Å²) >= 11 is 6.24. The number of β-amino-alcohol motifs (C(OH)–C–C–N with tert-alkyl or cyclic N) is 1. The standard InChI is InChI=1S/C15H21ClFNO3/c1-3-20-14-6-10(5-11(16)15(14)21-4-2)7-18-8-12(17)13(19)9-18/h5-6,12-13,19H,3-4,7-9H2,1-2H3/t12-,13-/m1/s1. The van der Waals surface area contributed by atoms with E-state index >= 15 is 0 Å². The summed E-state index contributed by atoms with van der Waals surface area (Å²) in [6.07, 6.45) is -2.09. The first-order chi connectivity index (χ1) is 10.0. The van der Waals surface area contributed by atoms with Crippen molar-refractivity contribution in [1.29, 1.82) is 0 Å². The minimum atomic E-state index is -1.19. The largest absolute Gasteiger partial charge is 0.490 e. The number of hydrogen-bond donors (Lipinski definition) is 1. The number of alkyl halides is 1. The Kier molecular flexibility index (Phi) is 5.67. The normalized spacial score (nSPS) is 22.5. The van der Waals surface area contributed by atoms with Crippen LogP contribution in [0.25, 0.3) is 0 Å². The molecule has 6 heteroatoms. The van der Waals surface area contributed by atoms with E-state index in [-0.39, 0.29) is 6.54 Å². The first-order valence-corrected chi connectivity index (χ1v) is 7.55. The van der Waals surface area contributed by atoms with Crippen LogP contribution in [0.3, 0.4) is 0 Å². The van der Waals surface area contributed by atoms with Gasteiger partial charge in [-0.3, -0.25) is 4.90 Å². The summed E-state index contributed by atoms with van der Waals surface area (Å²) in [7, 11) is 0. The van der Waals surface area contributed by atoms with E-state index in [4.69, 9.17) is 21.1 Å². The van der Waals surface area contributed by atoms with Gasteiger partial charge in [-0.1, -0.05) is 11.6 Å². The molecule has 1 N–H and O–H groups in total.